The van der Waals surface area contributed by atoms with E-state index in [0.29, 0.717) is 29.5 Å². The first-order chi connectivity index (χ1) is 16.2. The Bertz CT molecular complexity index is 1120. The third-order valence-electron chi connectivity index (χ3n) is 4.66. The molecule has 34 heavy (non-hydrogen) atoms. The number of nitrogens with one attached hydrogen (secondary N) is 3. The largest absolute Gasteiger partial charge is 0.491 e. The molecule has 0 bridgehead atoms. The number of nitrogen functional groups attached to an aromatic ring is 1. The molecule has 0 spiro atoms. The lowest BCUT2D eigenvalue weighted by Gasteiger charge is -2.16. The van der Waals surface area contributed by atoms with Crippen LogP contribution in [0.2, 0.25) is 0 Å². The van der Waals surface area contributed by atoms with Crippen LogP contribution in [0.15, 0.2) is 47.6 Å². The molecule has 0 atom stereocenters. The molecule has 0 aliphatic rings. The van der Waals surface area contributed by atoms with Gasteiger partial charge in [0.05, 0.1) is 11.7 Å². The zero-order valence-electron chi connectivity index (χ0n) is 20.2. The molecule has 0 saturated carbocycles. The lowest BCUT2D eigenvalue weighted by Crippen LogP contribution is -2.22. The highest BCUT2D eigenvalue weighted by molar-refractivity contribution is 8.00. The van der Waals surface area contributed by atoms with Gasteiger partial charge in [-0.1, -0.05) is 0 Å². The molecule has 0 unspecified atom stereocenters. The molecule has 3 rings (SSSR count). The summed E-state index contributed by atoms with van der Waals surface area (Å²) >= 11 is 1.41. The molecular formula is C24H32N8OS. The molecule has 0 fully saturated rings. The van der Waals surface area contributed by atoms with Gasteiger partial charge in [0.1, 0.15) is 22.4 Å². The quantitative estimate of drug-likeness (QED) is 0.233. The molecule has 0 aliphatic heterocycles. The van der Waals surface area contributed by atoms with E-state index in [1.165, 1.54) is 11.9 Å². The number of rotatable bonds is 11. The molecule has 180 valence electrons. The van der Waals surface area contributed by atoms with Crippen molar-refractivity contribution < 1.29 is 4.74 Å². The second-order valence-corrected chi connectivity index (χ2v) is 9.12. The van der Waals surface area contributed by atoms with Gasteiger partial charge >= 0.3 is 0 Å². The Morgan fingerprint density at radius 1 is 1.18 bits per heavy atom. The Labute approximate surface area is 205 Å². The second-order valence-electron chi connectivity index (χ2n) is 8.29. The zero-order chi connectivity index (χ0) is 24.7. The van der Waals surface area contributed by atoms with E-state index in [2.05, 4.69) is 29.9 Å². The number of pyridine rings is 1. The molecule has 2 aromatic heterocycles. The van der Waals surface area contributed by atoms with Gasteiger partial charge in [0.2, 0.25) is 0 Å². The van der Waals surface area contributed by atoms with E-state index in [1.54, 1.807) is 13.1 Å². The van der Waals surface area contributed by atoms with Crippen LogP contribution in [0.3, 0.4) is 0 Å². The Morgan fingerprint density at radius 3 is 2.56 bits per heavy atom. The smallest absolute Gasteiger partial charge is 0.163 e. The average Bonchev–Trinajstić information content (AvgIpc) is 2.77. The molecule has 5 N–H and O–H groups in total. The van der Waals surface area contributed by atoms with Gasteiger partial charge in [-0.2, -0.15) is 0 Å². The molecule has 2 heterocycles. The normalized spacial score (nSPS) is 11.0. The first-order valence-corrected chi connectivity index (χ1v) is 11.8. The van der Waals surface area contributed by atoms with Crippen LogP contribution in [0.5, 0.6) is 5.75 Å². The molecule has 0 radical (unpaired) electrons. The van der Waals surface area contributed by atoms with Crippen LogP contribution in [0.1, 0.15) is 26.3 Å². The van der Waals surface area contributed by atoms with E-state index in [1.807, 2.05) is 64.3 Å². The minimum absolute atomic E-state index is 0.109. The molecule has 0 aliphatic carbocycles. The SMILES string of the molecule is CC(=N)c1c(N)nc(-c2ccc(NSc3cc(OC(C)C)ccn3)cc2)nc1NCCN(C)C. The van der Waals surface area contributed by atoms with Gasteiger partial charge in [-0.25, -0.2) is 15.0 Å². The number of anilines is 3. The van der Waals surface area contributed by atoms with Crippen molar-refractivity contribution in [2.24, 2.45) is 0 Å². The summed E-state index contributed by atoms with van der Waals surface area (Å²) in [7, 11) is 4.01. The summed E-state index contributed by atoms with van der Waals surface area (Å²) in [5.74, 6) is 2.16. The number of nitrogens with two attached hydrogens (primary N) is 1. The zero-order valence-corrected chi connectivity index (χ0v) is 21.0. The van der Waals surface area contributed by atoms with Crippen LogP contribution in [-0.2, 0) is 0 Å². The highest BCUT2D eigenvalue weighted by Crippen LogP contribution is 2.27. The van der Waals surface area contributed by atoms with Crippen LogP contribution in [0.4, 0.5) is 17.3 Å². The van der Waals surface area contributed by atoms with Gasteiger partial charge in [-0.05, 0) is 65.2 Å². The summed E-state index contributed by atoms with van der Waals surface area (Å²) in [6, 6.07) is 11.5. The number of hydrogen-bond acceptors (Lipinski definition) is 10. The topological polar surface area (TPSA) is 125 Å². The predicted octanol–water partition coefficient (Wildman–Crippen LogP) is 4.39. The Hall–Kier alpha value is -3.37. The third-order valence-corrected chi connectivity index (χ3v) is 5.43. The molecule has 10 heteroatoms. The highest BCUT2D eigenvalue weighted by atomic mass is 32.2. The molecule has 9 nitrogen and oxygen atoms in total. The van der Waals surface area contributed by atoms with Crippen LogP contribution in [0.25, 0.3) is 11.4 Å². The van der Waals surface area contributed by atoms with Crippen molar-refractivity contribution in [3.63, 3.8) is 0 Å². The summed E-state index contributed by atoms with van der Waals surface area (Å²) in [6.07, 6.45) is 1.84. The standard InChI is InChI=1S/C24H32N8OS/c1-15(2)33-19-10-11-27-20(14-19)34-31-18-8-6-17(7-9-18)23-29-22(26)21(16(3)25)24(30-23)28-12-13-32(4)5/h6-11,14-15,25,31H,12-13H2,1-5H3,(H3,26,28,29,30). The summed E-state index contributed by atoms with van der Waals surface area (Å²) in [5, 5.41) is 12.2. The molecule has 0 saturated heterocycles. The fourth-order valence-corrected chi connectivity index (χ4v) is 3.74. The van der Waals surface area contributed by atoms with Crippen molar-refractivity contribution in [3.05, 3.63) is 48.2 Å². The van der Waals surface area contributed by atoms with Crippen LogP contribution in [0, 0.1) is 5.41 Å². The van der Waals surface area contributed by atoms with Gasteiger partial charge in [0, 0.05) is 54.3 Å². The first kappa shape index (κ1) is 25.3. The maximum absolute atomic E-state index is 8.07. The molecular weight excluding hydrogens is 448 g/mol. The van der Waals surface area contributed by atoms with Gasteiger partial charge in [-0.15, -0.1) is 0 Å². The summed E-state index contributed by atoms with van der Waals surface area (Å²) < 4.78 is 9.02. The minimum Gasteiger partial charge on any atom is -0.491 e. The molecule has 0 amide bonds. The van der Waals surface area contributed by atoms with Crippen molar-refractivity contribution in [1.82, 2.24) is 19.9 Å². The van der Waals surface area contributed by atoms with Crippen molar-refractivity contribution in [3.8, 4) is 17.1 Å². The minimum atomic E-state index is 0.109. The van der Waals surface area contributed by atoms with Crippen LogP contribution < -0.4 is 20.5 Å². The van der Waals surface area contributed by atoms with E-state index < -0.39 is 0 Å². The Kier molecular flexibility index (Phi) is 8.67. The van der Waals surface area contributed by atoms with E-state index in [4.69, 9.17) is 15.9 Å². The Balaban J connectivity index is 1.73. The maximum atomic E-state index is 8.07. The van der Waals surface area contributed by atoms with Crippen molar-refractivity contribution in [2.45, 2.75) is 31.9 Å². The van der Waals surface area contributed by atoms with Crippen molar-refractivity contribution in [2.75, 3.05) is 43.0 Å². The highest BCUT2D eigenvalue weighted by Gasteiger charge is 2.15. The Morgan fingerprint density at radius 2 is 1.91 bits per heavy atom. The predicted molar refractivity (Wildman–Crippen MR) is 141 cm³/mol. The number of likely N-dealkylation sites (N-methyl/N-ethyl adjacent to an activating group) is 1. The van der Waals surface area contributed by atoms with Gasteiger partial charge in [0.25, 0.3) is 0 Å². The number of benzene rings is 1. The van der Waals surface area contributed by atoms with E-state index >= 15 is 0 Å². The number of aromatic nitrogens is 3. The lowest BCUT2D eigenvalue weighted by molar-refractivity contribution is 0.241. The van der Waals surface area contributed by atoms with E-state index in [-0.39, 0.29) is 11.9 Å². The van der Waals surface area contributed by atoms with E-state index in [9.17, 15) is 0 Å². The van der Waals surface area contributed by atoms with Gasteiger partial charge in [0.15, 0.2) is 5.82 Å². The van der Waals surface area contributed by atoms with Crippen molar-refractivity contribution >= 4 is 35.0 Å². The molecule has 3 aromatic rings. The molecule has 1 aromatic carbocycles. The average molecular weight is 481 g/mol. The fourth-order valence-electron chi connectivity index (χ4n) is 3.09. The van der Waals surface area contributed by atoms with Crippen LogP contribution >= 0.6 is 11.9 Å². The van der Waals surface area contributed by atoms with E-state index in [0.717, 1.165) is 28.6 Å². The number of nitrogens with zero attached hydrogens (tertiary/aromatic N) is 4. The fraction of sp³-hybridized carbons (Fsp3) is 0.333. The van der Waals surface area contributed by atoms with Gasteiger partial charge < -0.3 is 30.8 Å². The maximum Gasteiger partial charge on any atom is 0.163 e. The number of ether oxygens (including phenoxy) is 1. The summed E-state index contributed by atoms with van der Waals surface area (Å²) in [4.78, 5) is 15.6. The van der Waals surface area contributed by atoms with Crippen molar-refractivity contribution in [1.29, 1.82) is 5.41 Å². The first-order valence-electron chi connectivity index (χ1n) is 11.0. The third kappa shape index (κ3) is 7.06. The monoisotopic (exact) mass is 480 g/mol. The lowest BCUT2D eigenvalue weighted by atomic mass is 10.1. The van der Waals surface area contributed by atoms with Crippen LogP contribution in [-0.4, -0.2) is 58.9 Å². The van der Waals surface area contributed by atoms with Gasteiger partial charge in [-0.3, -0.25) is 0 Å². The number of hydrogen-bond donors (Lipinski definition) is 4. The summed E-state index contributed by atoms with van der Waals surface area (Å²) in [5.41, 5.74) is 8.80. The summed E-state index contributed by atoms with van der Waals surface area (Å²) in [6.45, 7) is 7.18. The second kappa shape index (κ2) is 11.7.